The zero-order valence-corrected chi connectivity index (χ0v) is 13.1. The van der Waals surface area contributed by atoms with Gasteiger partial charge in [-0.15, -0.1) is 11.3 Å². The molecule has 2 aromatic rings. The molecule has 1 aromatic heterocycles. The van der Waals surface area contributed by atoms with Gasteiger partial charge in [0.05, 0.1) is 19.2 Å². The maximum absolute atomic E-state index is 11.7. The number of ether oxygens (including phenoxy) is 2. The lowest BCUT2D eigenvalue weighted by atomic mass is 10.2. The fourth-order valence-corrected chi connectivity index (χ4v) is 2.63. The van der Waals surface area contributed by atoms with E-state index in [9.17, 15) is 9.59 Å². The minimum Gasteiger partial charge on any atom is -0.469 e. The highest BCUT2D eigenvalue weighted by Gasteiger charge is 2.14. The number of esters is 1. The lowest BCUT2D eigenvalue weighted by Gasteiger charge is -2.04. The van der Waals surface area contributed by atoms with E-state index in [1.807, 2.05) is 30.3 Å². The Morgan fingerprint density at radius 3 is 2.68 bits per heavy atom. The van der Waals surface area contributed by atoms with Crippen molar-refractivity contribution < 1.29 is 19.1 Å². The third-order valence-corrected chi connectivity index (χ3v) is 3.92. The Labute approximate surface area is 132 Å². The Hall–Kier alpha value is -2.41. The second-order valence-electron chi connectivity index (χ2n) is 4.47. The fourth-order valence-electron chi connectivity index (χ4n) is 1.70. The summed E-state index contributed by atoms with van der Waals surface area (Å²) in [4.78, 5) is 27.9. The van der Waals surface area contributed by atoms with E-state index in [0.29, 0.717) is 10.8 Å². The molecule has 0 saturated heterocycles. The van der Waals surface area contributed by atoms with Gasteiger partial charge in [-0.3, -0.25) is 10.1 Å². The van der Waals surface area contributed by atoms with Crippen LogP contribution in [0.5, 0.6) is 0 Å². The van der Waals surface area contributed by atoms with Crippen LogP contribution in [0.2, 0.25) is 0 Å². The summed E-state index contributed by atoms with van der Waals surface area (Å²) in [6, 6.07) is 9.38. The maximum atomic E-state index is 11.7. The van der Waals surface area contributed by atoms with Crippen LogP contribution in [-0.4, -0.2) is 24.2 Å². The van der Waals surface area contributed by atoms with Gasteiger partial charge in [-0.05, 0) is 12.5 Å². The van der Waals surface area contributed by atoms with Crippen molar-refractivity contribution in [1.29, 1.82) is 0 Å². The number of aromatic nitrogens is 1. The number of carbonyl (C=O) groups is 2. The molecule has 0 atom stereocenters. The predicted molar refractivity (Wildman–Crippen MR) is 82.8 cm³/mol. The number of nitrogens with zero attached hydrogens (tertiary/aromatic N) is 1. The number of benzene rings is 1. The van der Waals surface area contributed by atoms with Crippen LogP contribution in [0.4, 0.5) is 9.93 Å². The van der Waals surface area contributed by atoms with Crippen LogP contribution in [-0.2, 0) is 27.3 Å². The molecule has 0 unspecified atom stereocenters. The molecule has 6 nitrogen and oxygen atoms in total. The van der Waals surface area contributed by atoms with Gasteiger partial charge in [-0.2, -0.15) is 0 Å². The lowest BCUT2D eigenvalue weighted by molar-refractivity contribution is -0.139. The summed E-state index contributed by atoms with van der Waals surface area (Å²) in [6.45, 7) is 1.96. The summed E-state index contributed by atoms with van der Waals surface area (Å²) < 4.78 is 9.72. The molecule has 0 saturated carbocycles. The van der Waals surface area contributed by atoms with Gasteiger partial charge in [-0.1, -0.05) is 30.3 Å². The molecular weight excluding hydrogens is 304 g/mol. The summed E-state index contributed by atoms with van der Waals surface area (Å²) in [5, 5.41) is 2.96. The summed E-state index contributed by atoms with van der Waals surface area (Å²) in [5.41, 5.74) is 1.59. The molecule has 0 radical (unpaired) electrons. The lowest BCUT2D eigenvalue weighted by Crippen LogP contribution is -2.13. The monoisotopic (exact) mass is 320 g/mol. The quantitative estimate of drug-likeness (QED) is 0.857. The van der Waals surface area contributed by atoms with Crippen molar-refractivity contribution in [1.82, 2.24) is 4.98 Å². The minimum atomic E-state index is -0.581. The van der Waals surface area contributed by atoms with Crippen LogP contribution >= 0.6 is 11.3 Å². The molecule has 116 valence electrons. The van der Waals surface area contributed by atoms with Gasteiger partial charge >= 0.3 is 12.1 Å². The Kier molecular flexibility index (Phi) is 5.48. The van der Waals surface area contributed by atoms with E-state index in [4.69, 9.17) is 4.74 Å². The van der Waals surface area contributed by atoms with Gasteiger partial charge in [0, 0.05) is 4.88 Å². The number of carbonyl (C=O) groups excluding carboxylic acids is 2. The molecule has 0 aliphatic carbocycles. The van der Waals surface area contributed by atoms with Crippen molar-refractivity contribution in [2.24, 2.45) is 0 Å². The van der Waals surface area contributed by atoms with E-state index in [1.54, 1.807) is 6.92 Å². The molecular formula is C15H16N2O4S. The highest BCUT2D eigenvalue weighted by atomic mass is 32.1. The minimum absolute atomic E-state index is 0.140. The molecule has 0 aliphatic heterocycles. The molecule has 0 aliphatic rings. The van der Waals surface area contributed by atoms with Crippen molar-refractivity contribution in [3.05, 3.63) is 46.5 Å². The van der Waals surface area contributed by atoms with Gasteiger partial charge in [0.2, 0.25) is 0 Å². The average molecular weight is 320 g/mol. The molecule has 2 rings (SSSR count). The van der Waals surface area contributed by atoms with Gasteiger partial charge < -0.3 is 9.47 Å². The maximum Gasteiger partial charge on any atom is 0.413 e. The number of nitrogens with one attached hydrogen (secondary N) is 1. The molecule has 0 bridgehead atoms. The van der Waals surface area contributed by atoms with Crippen molar-refractivity contribution >= 4 is 28.5 Å². The van der Waals surface area contributed by atoms with E-state index >= 15 is 0 Å². The smallest absolute Gasteiger partial charge is 0.413 e. The number of hydrogen-bond acceptors (Lipinski definition) is 6. The fraction of sp³-hybridized carbons (Fsp3) is 0.267. The summed E-state index contributed by atoms with van der Waals surface area (Å²) >= 11 is 1.23. The van der Waals surface area contributed by atoms with Crippen LogP contribution in [0.3, 0.4) is 0 Å². The van der Waals surface area contributed by atoms with E-state index < -0.39 is 6.09 Å². The second-order valence-corrected chi connectivity index (χ2v) is 5.55. The number of amides is 1. The standard InChI is InChI=1S/C15H16N2O4S/c1-10-12(8-13(18)20-2)22-14(16-10)17-15(19)21-9-11-6-4-3-5-7-11/h3-7H,8-9H2,1-2H3,(H,16,17,19). The molecule has 1 N–H and O–H groups in total. The first-order chi connectivity index (χ1) is 10.6. The van der Waals surface area contributed by atoms with E-state index in [2.05, 4.69) is 15.0 Å². The zero-order valence-electron chi connectivity index (χ0n) is 12.3. The van der Waals surface area contributed by atoms with Gasteiger partial charge in [-0.25, -0.2) is 9.78 Å². The predicted octanol–water partition coefficient (Wildman–Crippen LogP) is 2.92. The van der Waals surface area contributed by atoms with E-state index in [-0.39, 0.29) is 19.0 Å². The van der Waals surface area contributed by atoms with E-state index in [1.165, 1.54) is 18.4 Å². The van der Waals surface area contributed by atoms with Crippen LogP contribution in [0.25, 0.3) is 0 Å². The molecule has 22 heavy (non-hydrogen) atoms. The Balaban J connectivity index is 1.89. The molecule has 1 heterocycles. The Morgan fingerprint density at radius 2 is 2.00 bits per heavy atom. The number of hydrogen-bond donors (Lipinski definition) is 1. The first-order valence-electron chi connectivity index (χ1n) is 6.59. The van der Waals surface area contributed by atoms with Gasteiger partial charge in [0.25, 0.3) is 0 Å². The average Bonchev–Trinajstić information content (AvgIpc) is 2.85. The third kappa shape index (κ3) is 4.56. The Bertz CT molecular complexity index is 655. The summed E-state index contributed by atoms with van der Waals surface area (Å²) in [7, 11) is 1.33. The molecule has 7 heteroatoms. The Morgan fingerprint density at radius 1 is 1.27 bits per heavy atom. The van der Waals surface area contributed by atoms with Gasteiger partial charge in [0.15, 0.2) is 5.13 Å². The van der Waals surface area contributed by atoms with Crippen LogP contribution < -0.4 is 5.32 Å². The highest BCUT2D eigenvalue weighted by Crippen LogP contribution is 2.23. The topological polar surface area (TPSA) is 77.5 Å². The second kappa shape index (κ2) is 7.56. The van der Waals surface area contributed by atoms with Crippen LogP contribution in [0.1, 0.15) is 16.1 Å². The van der Waals surface area contributed by atoms with Crippen molar-refractivity contribution in [2.75, 3.05) is 12.4 Å². The first-order valence-corrected chi connectivity index (χ1v) is 7.41. The largest absolute Gasteiger partial charge is 0.469 e. The molecule has 1 amide bonds. The number of rotatable bonds is 5. The van der Waals surface area contributed by atoms with E-state index in [0.717, 1.165) is 10.4 Å². The summed E-state index contributed by atoms with van der Waals surface area (Å²) in [5.74, 6) is -0.343. The molecule has 0 fully saturated rings. The SMILES string of the molecule is COC(=O)Cc1sc(NC(=O)OCc2ccccc2)nc1C. The number of aryl methyl sites for hydroxylation is 1. The number of anilines is 1. The van der Waals surface area contributed by atoms with Crippen LogP contribution in [0.15, 0.2) is 30.3 Å². The third-order valence-electron chi connectivity index (χ3n) is 2.85. The molecule has 1 aromatic carbocycles. The van der Waals surface area contributed by atoms with Crippen molar-refractivity contribution in [2.45, 2.75) is 20.0 Å². The summed E-state index contributed by atoms with van der Waals surface area (Å²) in [6.07, 6.45) is -0.442. The molecule has 0 spiro atoms. The van der Waals surface area contributed by atoms with Gasteiger partial charge in [0.1, 0.15) is 6.61 Å². The normalized spacial score (nSPS) is 10.1. The van der Waals surface area contributed by atoms with Crippen molar-refractivity contribution in [3.63, 3.8) is 0 Å². The van der Waals surface area contributed by atoms with Crippen molar-refractivity contribution in [3.8, 4) is 0 Å². The zero-order chi connectivity index (χ0) is 15.9. The highest BCUT2D eigenvalue weighted by molar-refractivity contribution is 7.16. The van der Waals surface area contributed by atoms with Crippen LogP contribution in [0, 0.1) is 6.92 Å². The number of thiazole rings is 1. The number of methoxy groups -OCH3 is 1. The first kappa shape index (κ1) is 16.0.